The first kappa shape index (κ1) is 23.3. The molecule has 3 aromatic rings. The highest BCUT2D eigenvalue weighted by atomic mass is 127. The summed E-state index contributed by atoms with van der Waals surface area (Å²) < 4.78 is 1.53. The number of nitrogens with zero attached hydrogens (tertiary/aromatic N) is 3. The molecule has 156 valence electrons. The molecule has 0 bridgehead atoms. The number of benzene rings is 1. The van der Waals surface area contributed by atoms with Crippen molar-refractivity contribution in [3.8, 4) is 5.82 Å². The predicted octanol–water partition coefficient (Wildman–Crippen LogP) is 5.75. The maximum absolute atomic E-state index is 13.1. The van der Waals surface area contributed by atoms with E-state index in [1.54, 1.807) is 19.1 Å². The first-order valence-corrected chi connectivity index (χ1v) is 11.5. The summed E-state index contributed by atoms with van der Waals surface area (Å²) in [6.45, 7) is 1.80. The minimum Gasteiger partial charge on any atom is -0.341 e. The summed E-state index contributed by atoms with van der Waals surface area (Å²) in [4.78, 5) is 29.9. The van der Waals surface area contributed by atoms with E-state index in [-0.39, 0.29) is 36.9 Å². The summed E-state index contributed by atoms with van der Waals surface area (Å²) in [6.07, 6.45) is 1.53. The van der Waals surface area contributed by atoms with Gasteiger partial charge in [-0.2, -0.15) is 5.10 Å². The van der Waals surface area contributed by atoms with Crippen molar-refractivity contribution >= 4 is 90.8 Å². The number of halogens is 5. The number of hydrogen-bond donors (Lipinski definition) is 2. The SMILES string of the molecule is CC(I)NC(=O)c1cc(Cl)cc(Cl)c1NC(=O)c1cc(Br)nn1-c1ncccc1Cl. The highest BCUT2D eigenvalue weighted by Gasteiger charge is 2.23. The Morgan fingerprint density at radius 3 is 2.57 bits per heavy atom. The minimum absolute atomic E-state index is 0.114. The Kier molecular flexibility index (Phi) is 7.61. The number of hydrogen-bond acceptors (Lipinski definition) is 4. The van der Waals surface area contributed by atoms with Gasteiger partial charge in [0.1, 0.15) is 10.3 Å². The summed E-state index contributed by atoms with van der Waals surface area (Å²) in [7, 11) is 0. The van der Waals surface area contributed by atoms with Gasteiger partial charge < -0.3 is 10.6 Å². The number of carbonyl (C=O) groups excluding carboxylic acids is 2. The third kappa shape index (κ3) is 5.25. The van der Waals surface area contributed by atoms with Gasteiger partial charge in [-0.1, -0.05) is 57.4 Å². The van der Waals surface area contributed by atoms with Crippen LogP contribution in [0.15, 0.2) is 41.1 Å². The van der Waals surface area contributed by atoms with Gasteiger partial charge in [-0.3, -0.25) is 9.59 Å². The monoisotopic (exact) mass is 641 g/mol. The molecule has 0 saturated heterocycles. The van der Waals surface area contributed by atoms with Crippen LogP contribution in [-0.2, 0) is 0 Å². The lowest BCUT2D eigenvalue weighted by atomic mass is 10.1. The van der Waals surface area contributed by atoms with Crippen molar-refractivity contribution in [2.24, 2.45) is 0 Å². The number of rotatable bonds is 5. The van der Waals surface area contributed by atoms with Crippen LogP contribution < -0.4 is 10.6 Å². The molecule has 2 aromatic heterocycles. The lowest BCUT2D eigenvalue weighted by molar-refractivity contribution is 0.0954. The van der Waals surface area contributed by atoms with Gasteiger partial charge in [-0.15, -0.1) is 0 Å². The lowest BCUT2D eigenvalue weighted by Gasteiger charge is -2.15. The number of nitrogens with one attached hydrogen (secondary N) is 2. The number of alkyl halides is 1. The molecular weight excluding hydrogens is 631 g/mol. The number of aromatic nitrogens is 3. The Balaban J connectivity index is 2.02. The molecule has 12 heteroatoms. The fraction of sp³-hybridized carbons (Fsp3) is 0.111. The molecule has 7 nitrogen and oxygen atoms in total. The Morgan fingerprint density at radius 1 is 1.17 bits per heavy atom. The van der Waals surface area contributed by atoms with Crippen LogP contribution in [0.25, 0.3) is 5.82 Å². The quantitative estimate of drug-likeness (QED) is 0.211. The summed E-state index contributed by atoms with van der Waals surface area (Å²) >= 11 is 23.9. The smallest absolute Gasteiger partial charge is 0.274 e. The molecule has 1 atom stereocenters. The molecule has 0 aliphatic carbocycles. The maximum atomic E-state index is 13.1. The molecular formula is C18H12BrCl3IN5O2. The van der Waals surface area contributed by atoms with Crippen LogP contribution in [0.5, 0.6) is 0 Å². The van der Waals surface area contributed by atoms with E-state index in [0.717, 1.165) is 0 Å². The Hall–Kier alpha value is -1.40. The largest absolute Gasteiger partial charge is 0.341 e. The van der Waals surface area contributed by atoms with Crippen molar-refractivity contribution in [1.82, 2.24) is 20.1 Å². The highest BCUT2D eigenvalue weighted by molar-refractivity contribution is 14.1. The molecule has 1 unspecified atom stereocenters. The van der Waals surface area contributed by atoms with Crippen molar-refractivity contribution in [3.05, 3.63) is 67.5 Å². The Morgan fingerprint density at radius 2 is 1.90 bits per heavy atom. The van der Waals surface area contributed by atoms with Crippen LogP contribution in [0.3, 0.4) is 0 Å². The van der Waals surface area contributed by atoms with E-state index in [2.05, 4.69) is 36.6 Å². The fourth-order valence-corrected chi connectivity index (χ4v) is 3.92. The fourth-order valence-electron chi connectivity index (χ4n) is 2.52. The average molecular weight is 643 g/mol. The normalized spacial score (nSPS) is 11.8. The van der Waals surface area contributed by atoms with Gasteiger partial charge in [0.15, 0.2) is 5.82 Å². The molecule has 2 N–H and O–H groups in total. The summed E-state index contributed by atoms with van der Waals surface area (Å²) in [5.41, 5.74) is 0.379. The third-order valence-electron chi connectivity index (χ3n) is 3.72. The van der Waals surface area contributed by atoms with Crippen LogP contribution in [0.2, 0.25) is 15.1 Å². The standard InChI is InChI=1S/C18H12BrCl3IN5O2/c1-8(23)25-17(29)10-5-9(20)6-12(22)15(10)26-18(30)13-7-14(19)27-28(13)16-11(21)3-2-4-24-16/h2-8H,1H3,(H,25,29)(H,26,30). The van der Waals surface area contributed by atoms with Crippen molar-refractivity contribution in [2.45, 2.75) is 11.0 Å². The molecule has 0 spiro atoms. The van der Waals surface area contributed by atoms with Crippen molar-refractivity contribution < 1.29 is 9.59 Å². The van der Waals surface area contributed by atoms with Gasteiger partial charge in [0, 0.05) is 17.3 Å². The second-order valence-electron chi connectivity index (χ2n) is 5.93. The molecule has 2 heterocycles. The van der Waals surface area contributed by atoms with Gasteiger partial charge in [-0.25, -0.2) is 9.67 Å². The summed E-state index contributed by atoms with van der Waals surface area (Å²) in [5, 5.41) is 10.3. The number of pyridine rings is 1. The third-order valence-corrected chi connectivity index (χ3v) is 5.23. The number of anilines is 1. The molecule has 0 aliphatic heterocycles. The van der Waals surface area contributed by atoms with E-state index in [0.29, 0.717) is 9.63 Å². The molecule has 3 rings (SSSR count). The van der Waals surface area contributed by atoms with E-state index in [1.807, 2.05) is 22.6 Å². The maximum Gasteiger partial charge on any atom is 0.274 e. The first-order valence-electron chi connectivity index (χ1n) is 8.29. The van der Waals surface area contributed by atoms with Crippen LogP contribution in [-0.4, -0.2) is 30.6 Å². The molecule has 0 radical (unpaired) electrons. The van der Waals surface area contributed by atoms with E-state index in [1.165, 1.54) is 29.1 Å². The Bertz CT molecular complexity index is 1140. The molecule has 0 fully saturated rings. The zero-order valence-electron chi connectivity index (χ0n) is 15.1. The summed E-state index contributed by atoms with van der Waals surface area (Å²) in [5.74, 6) is -0.733. The predicted molar refractivity (Wildman–Crippen MR) is 129 cm³/mol. The van der Waals surface area contributed by atoms with Crippen molar-refractivity contribution in [2.75, 3.05) is 5.32 Å². The van der Waals surface area contributed by atoms with Gasteiger partial charge in [0.2, 0.25) is 0 Å². The van der Waals surface area contributed by atoms with Gasteiger partial charge in [-0.05, 0) is 47.1 Å². The topological polar surface area (TPSA) is 88.9 Å². The average Bonchev–Trinajstić information content (AvgIpc) is 3.05. The highest BCUT2D eigenvalue weighted by Crippen LogP contribution is 2.31. The zero-order chi connectivity index (χ0) is 22.0. The van der Waals surface area contributed by atoms with Crippen LogP contribution in [0, 0.1) is 0 Å². The summed E-state index contributed by atoms with van der Waals surface area (Å²) in [6, 6.07) is 7.66. The van der Waals surface area contributed by atoms with Gasteiger partial charge in [0.05, 0.1) is 25.3 Å². The van der Waals surface area contributed by atoms with Crippen LogP contribution in [0.4, 0.5) is 5.69 Å². The lowest BCUT2D eigenvalue weighted by Crippen LogP contribution is -2.29. The van der Waals surface area contributed by atoms with E-state index in [4.69, 9.17) is 34.8 Å². The van der Waals surface area contributed by atoms with Gasteiger partial charge >= 0.3 is 0 Å². The first-order chi connectivity index (χ1) is 14.2. The van der Waals surface area contributed by atoms with Crippen molar-refractivity contribution in [3.63, 3.8) is 0 Å². The molecule has 30 heavy (non-hydrogen) atoms. The van der Waals surface area contributed by atoms with Crippen LogP contribution in [0.1, 0.15) is 27.8 Å². The molecule has 2 amide bonds. The Labute approximate surface area is 208 Å². The van der Waals surface area contributed by atoms with Gasteiger partial charge in [0.25, 0.3) is 11.8 Å². The van der Waals surface area contributed by atoms with E-state index in [9.17, 15) is 9.59 Å². The minimum atomic E-state index is -0.573. The zero-order valence-corrected chi connectivity index (χ0v) is 21.1. The van der Waals surface area contributed by atoms with Crippen LogP contribution >= 0.6 is 73.3 Å². The van der Waals surface area contributed by atoms with Crippen molar-refractivity contribution in [1.29, 1.82) is 0 Å². The van der Waals surface area contributed by atoms with E-state index >= 15 is 0 Å². The molecule has 0 aliphatic rings. The van der Waals surface area contributed by atoms with E-state index < -0.39 is 11.8 Å². The molecule has 0 saturated carbocycles. The second-order valence-corrected chi connectivity index (χ2v) is 9.86. The number of amides is 2. The number of carbonyl (C=O) groups is 2. The molecule has 1 aromatic carbocycles. The second kappa shape index (κ2) is 9.82.